The van der Waals surface area contributed by atoms with Crippen LogP contribution in [0.5, 0.6) is 0 Å². The first kappa shape index (κ1) is 16.8. The monoisotopic (exact) mass is 295 g/mol. The van der Waals surface area contributed by atoms with E-state index in [1.165, 1.54) is 13.8 Å². The summed E-state index contributed by atoms with van der Waals surface area (Å²) in [6.45, 7) is 2.79. The van der Waals surface area contributed by atoms with Crippen molar-refractivity contribution in [1.29, 1.82) is 0 Å². The number of carboxylic acids is 1. The fourth-order valence-corrected chi connectivity index (χ4v) is 2.45. The summed E-state index contributed by atoms with van der Waals surface area (Å²) in [4.78, 5) is 22.7. The van der Waals surface area contributed by atoms with Crippen LogP contribution < -0.4 is 5.32 Å². The molecule has 0 heterocycles. The van der Waals surface area contributed by atoms with E-state index >= 15 is 0 Å². The number of hydrogen-bond acceptors (Lipinski definition) is 2. The molecule has 1 amide bonds. The average Bonchev–Trinajstić information content (AvgIpc) is 2.36. The van der Waals surface area contributed by atoms with Gasteiger partial charge in [-0.1, -0.05) is 26.7 Å². The third kappa shape index (κ3) is 4.11. The lowest BCUT2D eigenvalue weighted by molar-refractivity contribution is -0.189. The number of nitrogens with one attached hydrogen (secondary N) is 1. The molecule has 2 N–H and O–H groups in total. The molecule has 1 aliphatic rings. The number of amides is 1. The molecule has 0 bridgehead atoms. The lowest BCUT2D eigenvalue weighted by Gasteiger charge is -2.34. The second kappa shape index (κ2) is 6.45. The lowest BCUT2D eigenvalue weighted by atomic mass is 9.83. The Bertz CT molecular complexity index is 370. The first-order valence-electron chi connectivity index (χ1n) is 6.74. The van der Waals surface area contributed by atoms with Crippen molar-refractivity contribution in [3.63, 3.8) is 0 Å². The van der Waals surface area contributed by atoms with Crippen LogP contribution in [0.2, 0.25) is 0 Å². The predicted octanol–water partition coefficient (Wildman–Crippen LogP) is 2.58. The second-order valence-corrected chi connectivity index (χ2v) is 5.46. The number of rotatable bonds is 4. The smallest absolute Gasteiger partial charge is 0.393 e. The topological polar surface area (TPSA) is 66.4 Å². The molecule has 20 heavy (non-hydrogen) atoms. The number of carboxylic acid groups (broad SMARTS) is 1. The summed E-state index contributed by atoms with van der Waals surface area (Å²) in [6, 6.07) is -0.945. The minimum Gasteiger partial charge on any atom is -0.481 e. The van der Waals surface area contributed by atoms with Crippen LogP contribution >= 0.6 is 0 Å². The molecule has 0 aliphatic heterocycles. The number of alkyl halides is 3. The van der Waals surface area contributed by atoms with Crippen molar-refractivity contribution < 1.29 is 27.9 Å². The van der Waals surface area contributed by atoms with E-state index in [0.29, 0.717) is 12.8 Å². The molecule has 1 saturated carbocycles. The summed E-state index contributed by atoms with van der Waals surface area (Å²) in [5.74, 6) is -5.08. The molecule has 1 rings (SSSR count). The number of halogens is 3. The number of carbonyl (C=O) groups is 2. The van der Waals surface area contributed by atoms with Crippen molar-refractivity contribution in [3.8, 4) is 0 Å². The van der Waals surface area contributed by atoms with Crippen LogP contribution in [0, 0.1) is 17.8 Å². The minimum absolute atomic E-state index is 0.0112. The Labute approximate surface area is 115 Å². The van der Waals surface area contributed by atoms with Gasteiger partial charge in [0.2, 0.25) is 5.91 Å². The SMILES string of the molecule is CC(C(=O)O)C(C)C(=O)NC1CCCCC1C(F)(F)F. The summed E-state index contributed by atoms with van der Waals surface area (Å²) >= 11 is 0. The predicted molar refractivity (Wildman–Crippen MR) is 65.9 cm³/mol. The Morgan fingerprint density at radius 2 is 1.70 bits per heavy atom. The minimum atomic E-state index is -4.33. The number of carbonyl (C=O) groups excluding carboxylic acids is 1. The molecule has 0 aromatic carbocycles. The van der Waals surface area contributed by atoms with E-state index in [4.69, 9.17) is 5.11 Å². The van der Waals surface area contributed by atoms with Crippen molar-refractivity contribution in [3.05, 3.63) is 0 Å². The molecule has 1 fully saturated rings. The van der Waals surface area contributed by atoms with Gasteiger partial charge in [-0.15, -0.1) is 0 Å². The third-order valence-corrected chi connectivity index (χ3v) is 4.07. The van der Waals surface area contributed by atoms with E-state index in [-0.39, 0.29) is 12.8 Å². The summed E-state index contributed by atoms with van der Waals surface area (Å²) in [5, 5.41) is 11.2. The van der Waals surface area contributed by atoms with E-state index in [2.05, 4.69) is 5.32 Å². The number of hydrogen-bond donors (Lipinski definition) is 2. The largest absolute Gasteiger partial charge is 0.481 e. The maximum Gasteiger partial charge on any atom is 0.393 e. The standard InChI is InChI=1S/C13H20F3NO3/c1-7(8(2)12(19)20)11(18)17-10-6-4-3-5-9(10)13(14,15)16/h7-10H,3-6H2,1-2H3,(H,17,18)(H,19,20). The second-order valence-electron chi connectivity index (χ2n) is 5.46. The van der Waals surface area contributed by atoms with E-state index in [1.54, 1.807) is 0 Å². The van der Waals surface area contributed by atoms with Crippen molar-refractivity contribution in [1.82, 2.24) is 5.32 Å². The third-order valence-electron chi connectivity index (χ3n) is 4.07. The Hall–Kier alpha value is -1.27. The molecule has 0 spiro atoms. The van der Waals surface area contributed by atoms with Gasteiger partial charge in [0.25, 0.3) is 0 Å². The van der Waals surface area contributed by atoms with Crippen molar-refractivity contribution in [2.24, 2.45) is 17.8 Å². The van der Waals surface area contributed by atoms with Gasteiger partial charge in [0.05, 0.1) is 11.8 Å². The van der Waals surface area contributed by atoms with Crippen LogP contribution in [0.4, 0.5) is 13.2 Å². The molecule has 7 heteroatoms. The summed E-state index contributed by atoms with van der Waals surface area (Å²) in [6.07, 6.45) is -2.90. The van der Waals surface area contributed by atoms with Gasteiger partial charge in [-0.05, 0) is 12.8 Å². The molecule has 0 aromatic rings. The molecule has 0 radical (unpaired) electrons. The molecule has 116 valence electrons. The molecule has 4 atom stereocenters. The van der Waals surface area contributed by atoms with Crippen LogP contribution in [0.25, 0.3) is 0 Å². The van der Waals surface area contributed by atoms with E-state index in [0.717, 1.165) is 0 Å². The van der Waals surface area contributed by atoms with Gasteiger partial charge in [-0.25, -0.2) is 0 Å². The first-order chi connectivity index (χ1) is 9.14. The molecule has 4 nitrogen and oxygen atoms in total. The van der Waals surface area contributed by atoms with E-state index in [9.17, 15) is 22.8 Å². The van der Waals surface area contributed by atoms with Gasteiger partial charge in [0, 0.05) is 12.0 Å². The zero-order valence-electron chi connectivity index (χ0n) is 11.5. The first-order valence-corrected chi connectivity index (χ1v) is 6.74. The highest BCUT2D eigenvalue weighted by Gasteiger charge is 2.46. The Morgan fingerprint density at radius 1 is 1.15 bits per heavy atom. The molecule has 0 aromatic heterocycles. The fourth-order valence-electron chi connectivity index (χ4n) is 2.45. The summed E-state index contributed by atoms with van der Waals surface area (Å²) < 4.78 is 38.7. The van der Waals surface area contributed by atoms with Crippen LogP contribution in [-0.4, -0.2) is 29.2 Å². The van der Waals surface area contributed by atoms with Gasteiger partial charge in [-0.3, -0.25) is 9.59 Å². The van der Waals surface area contributed by atoms with E-state index < -0.39 is 41.8 Å². The molecular formula is C13H20F3NO3. The Morgan fingerprint density at radius 3 is 2.20 bits per heavy atom. The molecule has 1 aliphatic carbocycles. The maximum atomic E-state index is 12.9. The zero-order valence-corrected chi connectivity index (χ0v) is 11.5. The van der Waals surface area contributed by atoms with Crippen molar-refractivity contribution in [2.45, 2.75) is 51.7 Å². The highest BCUT2D eigenvalue weighted by Crippen LogP contribution is 2.37. The molecular weight excluding hydrogens is 275 g/mol. The Kier molecular flexibility index (Phi) is 5.42. The van der Waals surface area contributed by atoms with Crippen LogP contribution in [0.15, 0.2) is 0 Å². The van der Waals surface area contributed by atoms with Gasteiger partial charge in [0.15, 0.2) is 0 Å². The van der Waals surface area contributed by atoms with E-state index in [1.807, 2.05) is 0 Å². The van der Waals surface area contributed by atoms with Crippen LogP contribution in [0.3, 0.4) is 0 Å². The quantitative estimate of drug-likeness (QED) is 0.837. The van der Waals surface area contributed by atoms with Gasteiger partial charge in [0.1, 0.15) is 0 Å². The molecule has 4 unspecified atom stereocenters. The Balaban J connectivity index is 2.69. The van der Waals surface area contributed by atoms with Crippen LogP contribution in [-0.2, 0) is 9.59 Å². The van der Waals surface area contributed by atoms with Gasteiger partial charge >= 0.3 is 12.1 Å². The fraction of sp³-hybridized carbons (Fsp3) is 0.846. The van der Waals surface area contributed by atoms with Crippen molar-refractivity contribution in [2.75, 3.05) is 0 Å². The molecule has 0 saturated heterocycles. The highest BCUT2D eigenvalue weighted by atomic mass is 19.4. The van der Waals surface area contributed by atoms with Crippen LogP contribution in [0.1, 0.15) is 39.5 Å². The van der Waals surface area contributed by atoms with Gasteiger partial charge < -0.3 is 10.4 Å². The number of aliphatic carboxylic acids is 1. The zero-order chi connectivity index (χ0) is 15.5. The van der Waals surface area contributed by atoms with Crippen molar-refractivity contribution >= 4 is 11.9 Å². The maximum absolute atomic E-state index is 12.9. The van der Waals surface area contributed by atoms with Gasteiger partial charge in [-0.2, -0.15) is 13.2 Å². The summed E-state index contributed by atoms with van der Waals surface area (Å²) in [7, 11) is 0. The summed E-state index contributed by atoms with van der Waals surface area (Å²) in [5.41, 5.74) is 0. The average molecular weight is 295 g/mol. The lowest BCUT2D eigenvalue weighted by Crippen LogP contribution is -2.50. The highest BCUT2D eigenvalue weighted by molar-refractivity contribution is 5.84. The normalized spacial score (nSPS) is 26.6.